The van der Waals surface area contributed by atoms with Crippen LogP contribution in [0.25, 0.3) is 0 Å². The van der Waals surface area contributed by atoms with Crippen LogP contribution in [0.1, 0.15) is 40.5 Å². The predicted octanol–water partition coefficient (Wildman–Crippen LogP) is 3.24. The highest BCUT2D eigenvalue weighted by molar-refractivity contribution is 5.97. The molecule has 0 unspecified atom stereocenters. The molecular formula is C19H17NO4. The van der Waals surface area contributed by atoms with E-state index >= 15 is 0 Å². The van der Waals surface area contributed by atoms with Crippen molar-refractivity contribution in [2.45, 2.75) is 19.8 Å². The number of rotatable bonds is 4. The van der Waals surface area contributed by atoms with E-state index in [1.807, 2.05) is 0 Å². The van der Waals surface area contributed by atoms with Crippen molar-refractivity contribution in [1.82, 2.24) is 0 Å². The van der Waals surface area contributed by atoms with Crippen LogP contribution in [0.5, 0.6) is 5.75 Å². The lowest BCUT2D eigenvalue weighted by Gasteiger charge is -2.15. The van der Waals surface area contributed by atoms with Gasteiger partial charge in [-0.05, 0) is 61.9 Å². The van der Waals surface area contributed by atoms with Gasteiger partial charge < -0.3 is 9.64 Å². The fourth-order valence-corrected chi connectivity index (χ4v) is 2.62. The summed E-state index contributed by atoms with van der Waals surface area (Å²) in [6.07, 6.45) is 1.43. The molecule has 1 fully saturated rings. The Bertz CT molecular complexity index is 778. The Labute approximate surface area is 139 Å². The molecule has 2 aromatic rings. The number of hydrogen-bond acceptors (Lipinski definition) is 4. The number of amides is 1. The Morgan fingerprint density at radius 2 is 1.58 bits per heavy atom. The highest BCUT2D eigenvalue weighted by Gasteiger charge is 2.21. The molecule has 0 saturated carbocycles. The minimum absolute atomic E-state index is 0.0417. The van der Waals surface area contributed by atoms with Crippen molar-refractivity contribution in [1.29, 1.82) is 0 Å². The minimum Gasteiger partial charge on any atom is -0.423 e. The topological polar surface area (TPSA) is 63.7 Å². The molecule has 0 spiro atoms. The third-order valence-electron chi connectivity index (χ3n) is 3.96. The molecule has 1 aliphatic heterocycles. The van der Waals surface area contributed by atoms with Gasteiger partial charge in [0.25, 0.3) is 0 Å². The first-order valence-electron chi connectivity index (χ1n) is 7.78. The van der Waals surface area contributed by atoms with Crippen molar-refractivity contribution in [2.75, 3.05) is 11.4 Å². The van der Waals surface area contributed by atoms with E-state index < -0.39 is 5.97 Å². The second-order valence-electron chi connectivity index (χ2n) is 5.67. The summed E-state index contributed by atoms with van der Waals surface area (Å²) in [6, 6.07) is 13.2. The molecule has 1 saturated heterocycles. The number of anilines is 1. The third kappa shape index (κ3) is 3.35. The zero-order chi connectivity index (χ0) is 17.1. The predicted molar refractivity (Wildman–Crippen MR) is 89.4 cm³/mol. The summed E-state index contributed by atoms with van der Waals surface area (Å²) in [5, 5.41) is 0. The largest absolute Gasteiger partial charge is 0.423 e. The summed E-state index contributed by atoms with van der Waals surface area (Å²) in [5.74, 6) is -0.0375. The van der Waals surface area contributed by atoms with Gasteiger partial charge in [0.2, 0.25) is 5.91 Å². The number of ether oxygens (including phenoxy) is 1. The Morgan fingerprint density at radius 3 is 2.12 bits per heavy atom. The summed E-state index contributed by atoms with van der Waals surface area (Å²) in [7, 11) is 0. The number of carbonyl (C=O) groups excluding carboxylic acids is 3. The van der Waals surface area contributed by atoms with Crippen molar-refractivity contribution in [3.8, 4) is 5.75 Å². The molecule has 122 valence electrons. The van der Waals surface area contributed by atoms with E-state index in [4.69, 9.17) is 4.74 Å². The Balaban J connectivity index is 1.68. The molecule has 5 heteroatoms. The SMILES string of the molecule is CC(=O)c1ccc(OC(=O)c2ccc(N3CCCC3=O)cc2)cc1. The van der Waals surface area contributed by atoms with Gasteiger partial charge in [-0.2, -0.15) is 0 Å². The van der Waals surface area contributed by atoms with Gasteiger partial charge in [0.1, 0.15) is 5.75 Å². The van der Waals surface area contributed by atoms with E-state index in [0.717, 1.165) is 12.1 Å². The number of Topliss-reactive ketones (excluding diaryl/α,β-unsaturated/α-hetero) is 1. The van der Waals surface area contributed by atoms with Crippen molar-refractivity contribution in [3.05, 3.63) is 59.7 Å². The zero-order valence-electron chi connectivity index (χ0n) is 13.3. The Morgan fingerprint density at radius 1 is 0.958 bits per heavy atom. The van der Waals surface area contributed by atoms with Crippen LogP contribution in [0, 0.1) is 0 Å². The van der Waals surface area contributed by atoms with Crippen LogP contribution < -0.4 is 9.64 Å². The second kappa shape index (κ2) is 6.66. The van der Waals surface area contributed by atoms with Crippen LogP contribution >= 0.6 is 0 Å². The normalized spacial score (nSPS) is 13.9. The lowest BCUT2D eigenvalue weighted by molar-refractivity contribution is -0.117. The van der Waals surface area contributed by atoms with Gasteiger partial charge in [-0.25, -0.2) is 4.79 Å². The van der Waals surface area contributed by atoms with Crippen LogP contribution in [0.4, 0.5) is 5.69 Å². The molecule has 1 heterocycles. The van der Waals surface area contributed by atoms with Crippen molar-refractivity contribution in [2.24, 2.45) is 0 Å². The van der Waals surface area contributed by atoms with Gasteiger partial charge in [-0.3, -0.25) is 9.59 Å². The molecule has 5 nitrogen and oxygen atoms in total. The molecule has 0 radical (unpaired) electrons. The molecule has 24 heavy (non-hydrogen) atoms. The summed E-state index contributed by atoms with van der Waals surface area (Å²) in [5.41, 5.74) is 1.76. The summed E-state index contributed by atoms with van der Waals surface area (Å²) >= 11 is 0. The molecule has 0 aromatic heterocycles. The average Bonchev–Trinajstić information content (AvgIpc) is 3.01. The Hall–Kier alpha value is -2.95. The van der Waals surface area contributed by atoms with E-state index in [0.29, 0.717) is 29.8 Å². The second-order valence-corrected chi connectivity index (χ2v) is 5.67. The number of hydrogen-bond donors (Lipinski definition) is 0. The summed E-state index contributed by atoms with van der Waals surface area (Å²) < 4.78 is 5.29. The highest BCUT2D eigenvalue weighted by atomic mass is 16.5. The van der Waals surface area contributed by atoms with E-state index in [2.05, 4.69) is 0 Å². The fraction of sp³-hybridized carbons (Fsp3) is 0.211. The number of esters is 1. The molecule has 2 aromatic carbocycles. The fourth-order valence-electron chi connectivity index (χ4n) is 2.62. The molecule has 0 aliphatic carbocycles. The number of nitrogens with zero attached hydrogens (tertiary/aromatic N) is 1. The smallest absolute Gasteiger partial charge is 0.343 e. The van der Waals surface area contributed by atoms with E-state index in [1.165, 1.54) is 6.92 Å². The van der Waals surface area contributed by atoms with E-state index in [1.54, 1.807) is 53.4 Å². The van der Waals surface area contributed by atoms with Gasteiger partial charge >= 0.3 is 5.97 Å². The van der Waals surface area contributed by atoms with Gasteiger partial charge in [0.05, 0.1) is 5.56 Å². The Kier molecular flexibility index (Phi) is 4.42. The standard InChI is InChI=1S/C19H17NO4/c1-13(21)14-6-10-17(11-7-14)24-19(23)15-4-8-16(9-5-15)20-12-2-3-18(20)22/h4-11H,2-3,12H2,1H3. The summed E-state index contributed by atoms with van der Waals surface area (Å²) in [6.45, 7) is 2.19. The average molecular weight is 323 g/mol. The maximum atomic E-state index is 12.2. The molecular weight excluding hydrogens is 306 g/mol. The van der Waals surface area contributed by atoms with Gasteiger partial charge in [0, 0.05) is 24.2 Å². The lowest BCUT2D eigenvalue weighted by Crippen LogP contribution is -2.23. The monoisotopic (exact) mass is 323 g/mol. The van der Waals surface area contributed by atoms with Crippen LogP contribution in [0.15, 0.2) is 48.5 Å². The van der Waals surface area contributed by atoms with Gasteiger partial charge in [-0.15, -0.1) is 0 Å². The minimum atomic E-state index is -0.482. The van der Waals surface area contributed by atoms with Crippen molar-refractivity contribution in [3.63, 3.8) is 0 Å². The number of carbonyl (C=O) groups is 3. The molecule has 1 amide bonds. The zero-order valence-corrected chi connectivity index (χ0v) is 13.3. The third-order valence-corrected chi connectivity index (χ3v) is 3.96. The van der Waals surface area contributed by atoms with Crippen LogP contribution in [0.3, 0.4) is 0 Å². The van der Waals surface area contributed by atoms with Gasteiger partial charge in [-0.1, -0.05) is 0 Å². The van der Waals surface area contributed by atoms with Crippen LogP contribution in [0.2, 0.25) is 0 Å². The maximum absolute atomic E-state index is 12.2. The van der Waals surface area contributed by atoms with Crippen molar-refractivity contribution < 1.29 is 19.1 Å². The molecule has 0 atom stereocenters. The number of ketones is 1. The van der Waals surface area contributed by atoms with Crippen LogP contribution in [-0.2, 0) is 4.79 Å². The van der Waals surface area contributed by atoms with Crippen LogP contribution in [-0.4, -0.2) is 24.2 Å². The first-order valence-corrected chi connectivity index (χ1v) is 7.78. The molecule has 0 N–H and O–H groups in total. The van der Waals surface area contributed by atoms with E-state index in [-0.39, 0.29) is 11.7 Å². The number of benzene rings is 2. The van der Waals surface area contributed by atoms with Gasteiger partial charge in [0.15, 0.2) is 5.78 Å². The maximum Gasteiger partial charge on any atom is 0.343 e. The highest BCUT2D eigenvalue weighted by Crippen LogP contribution is 2.22. The first kappa shape index (κ1) is 15.9. The van der Waals surface area contributed by atoms with Crippen molar-refractivity contribution >= 4 is 23.3 Å². The molecule has 0 bridgehead atoms. The first-order chi connectivity index (χ1) is 11.5. The lowest BCUT2D eigenvalue weighted by atomic mass is 10.1. The molecule has 3 rings (SSSR count). The summed E-state index contributed by atoms with van der Waals surface area (Å²) in [4.78, 5) is 36.8. The molecule has 1 aliphatic rings. The quantitative estimate of drug-likeness (QED) is 0.492. The van der Waals surface area contributed by atoms with E-state index in [9.17, 15) is 14.4 Å².